The van der Waals surface area contributed by atoms with E-state index in [1.54, 1.807) is 18.5 Å². The third-order valence-corrected chi connectivity index (χ3v) is 7.98. The van der Waals surface area contributed by atoms with Crippen LogP contribution in [0.1, 0.15) is 30.0 Å². The molecule has 8 nitrogen and oxygen atoms in total. The Hall–Kier alpha value is -2.62. The van der Waals surface area contributed by atoms with E-state index in [1.807, 2.05) is 12.4 Å². The van der Waals surface area contributed by atoms with Crippen molar-refractivity contribution in [2.75, 3.05) is 29.5 Å². The van der Waals surface area contributed by atoms with E-state index >= 15 is 0 Å². The number of hydrogen-bond donors (Lipinski definition) is 3. The topological polar surface area (TPSA) is 133 Å². The first-order valence-corrected chi connectivity index (χ1v) is 11.3. The summed E-state index contributed by atoms with van der Waals surface area (Å²) in [5.74, 6) is 1.42. The van der Waals surface area contributed by atoms with Gasteiger partial charge >= 0.3 is 0 Å². The van der Waals surface area contributed by atoms with Crippen molar-refractivity contribution in [3.63, 3.8) is 0 Å². The number of halogens is 1. The van der Waals surface area contributed by atoms with Gasteiger partial charge in [-0.05, 0) is 47.9 Å². The highest BCUT2D eigenvalue weighted by atomic mass is 35.5. The van der Waals surface area contributed by atoms with Gasteiger partial charge in [0.05, 0.1) is 11.2 Å². The Morgan fingerprint density at radius 1 is 1.06 bits per heavy atom. The summed E-state index contributed by atoms with van der Waals surface area (Å²) >= 11 is 7.56. The second kappa shape index (κ2) is 7.81. The maximum absolute atomic E-state index is 6.66. The molecule has 1 fully saturated rings. The van der Waals surface area contributed by atoms with Gasteiger partial charge in [-0.25, -0.2) is 15.0 Å². The van der Waals surface area contributed by atoms with E-state index in [1.165, 1.54) is 22.9 Å². The zero-order chi connectivity index (χ0) is 21.6. The predicted octanol–water partition coefficient (Wildman–Crippen LogP) is 3.08. The highest BCUT2D eigenvalue weighted by Gasteiger charge is 2.46. The minimum Gasteiger partial charge on any atom is -0.382 e. The van der Waals surface area contributed by atoms with Gasteiger partial charge in [0.1, 0.15) is 16.7 Å². The molecule has 0 aromatic carbocycles. The molecule has 1 spiro atoms. The van der Waals surface area contributed by atoms with E-state index in [4.69, 9.17) is 28.8 Å². The quantitative estimate of drug-likeness (QED) is 0.545. The maximum Gasteiger partial charge on any atom is 0.158 e. The Bertz CT molecular complexity index is 1130. The number of nitrogens with zero attached hydrogens (tertiary/aromatic N) is 5. The molecule has 0 saturated carbocycles. The van der Waals surface area contributed by atoms with Crippen molar-refractivity contribution >= 4 is 40.8 Å². The van der Waals surface area contributed by atoms with Crippen LogP contribution in [0.4, 0.5) is 17.5 Å². The van der Waals surface area contributed by atoms with Crippen molar-refractivity contribution in [3.8, 4) is 0 Å². The number of aromatic nitrogens is 4. The summed E-state index contributed by atoms with van der Waals surface area (Å²) in [7, 11) is 0. The van der Waals surface area contributed by atoms with Crippen molar-refractivity contribution in [2.45, 2.75) is 35.2 Å². The minimum atomic E-state index is 0.0557. The maximum atomic E-state index is 6.66. The van der Waals surface area contributed by atoms with Gasteiger partial charge in [0.25, 0.3) is 0 Å². The van der Waals surface area contributed by atoms with Crippen LogP contribution in [0.15, 0.2) is 46.8 Å². The van der Waals surface area contributed by atoms with E-state index in [2.05, 4.69) is 30.9 Å². The molecule has 1 aliphatic heterocycles. The Kier molecular flexibility index (Phi) is 5.11. The molecule has 10 heteroatoms. The van der Waals surface area contributed by atoms with Crippen LogP contribution in [0.2, 0.25) is 5.02 Å². The fourth-order valence-corrected chi connectivity index (χ4v) is 5.63. The Morgan fingerprint density at radius 2 is 1.87 bits per heavy atom. The largest absolute Gasteiger partial charge is 0.382 e. The zero-order valence-electron chi connectivity index (χ0n) is 16.8. The second-order valence-electron chi connectivity index (χ2n) is 8.11. The lowest BCUT2D eigenvalue weighted by Gasteiger charge is -2.42. The standard InChI is InChI=1S/C21H23ClN8S/c22-16-14(2-6-27-18(16)24)31-20-19(25)29-15(11-28-20)30-7-3-21(4-8-30)9-12-10-26-5-1-13(12)17(21)23/h1-2,5-6,10-11,17H,3-4,7-9,23H2,(H2,24,27)(H2,25,29)/t17-/m0/s1. The first kappa shape index (κ1) is 20.3. The third kappa shape index (κ3) is 3.56. The highest BCUT2D eigenvalue weighted by Crippen LogP contribution is 2.50. The normalized spacial score (nSPS) is 19.5. The molecule has 0 amide bonds. The molecular formula is C21H23ClN8S. The molecular weight excluding hydrogens is 432 g/mol. The molecule has 1 saturated heterocycles. The summed E-state index contributed by atoms with van der Waals surface area (Å²) in [5, 5.41) is 0.980. The Morgan fingerprint density at radius 3 is 2.61 bits per heavy atom. The molecule has 3 aromatic heterocycles. The fraction of sp³-hybridized carbons (Fsp3) is 0.333. The summed E-state index contributed by atoms with van der Waals surface area (Å²) in [6, 6.07) is 3.90. The molecule has 0 radical (unpaired) electrons. The number of anilines is 3. The van der Waals surface area contributed by atoms with Crippen molar-refractivity contribution in [3.05, 3.63) is 53.1 Å². The van der Waals surface area contributed by atoms with E-state index < -0.39 is 0 Å². The average molecular weight is 455 g/mol. The third-order valence-electron chi connectivity index (χ3n) is 6.40. The van der Waals surface area contributed by atoms with Gasteiger partial charge < -0.3 is 22.1 Å². The lowest BCUT2D eigenvalue weighted by Crippen LogP contribution is -2.44. The molecule has 1 aliphatic carbocycles. The molecule has 0 unspecified atom stereocenters. The van der Waals surface area contributed by atoms with Gasteiger partial charge in [0, 0.05) is 42.6 Å². The van der Waals surface area contributed by atoms with Crippen LogP contribution in [-0.4, -0.2) is 33.0 Å². The zero-order valence-corrected chi connectivity index (χ0v) is 18.4. The van der Waals surface area contributed by atoms with Crippen LogP contribution in [-0.2, 0) is 6.42 Å². The molecule has 6 N–H and O–H groups in total. The van der Waals surface area contributed by atoms with Crippen molar-refractivity contribution < 1.29 is 0 Å². The number of nitrogen functional groups attached to an aromatic ring is 2. The van der Waals surface area contributed by atoms with Gasteiger partial charge in [-0.3, -0.25) is 4.98 Å². The van der Waals surface area contributed by atoms with Crippen LogP contribution in [0.3, 0.4) is 0 Å². The summed E-state index contributed by atoms with van der Waals surface area (Å²) in [4.78, 5) is 20.4. The molecule has 160 valence electrons. The van der Waals surface area contributed by atoms with E-state index in [0.717, 1.165) is 43.1 Å². The second-order valence-corrected chi connectivity index (χ2v) is 9.52. The summed E-state index contributed by atoms with van der Waals surface area (Å²) in [6.07, 6.45) is 10.1. The lowest BCUT2D eigenvalue weighted by molar-refractivity contribution is 0.187. The summed E-state index contributed by atoms with van der Waals surface area (Å²) < 4.78 is 0. The van der Waals surface area contributed by atoms with Gasteiger partial charge in [-0.2, -0.15) is 0 Å². The van der Waals surface area contributed by atoms with Gasteiger partial charge in [0.2, 0.25) is 0 Å². The van der Waals surface area contributed by atoms with Crippen LogP contribution >= 0.6 is 23.4 Å². The number of pyridine rings is 2. The van der Waals surface area contributed by atoms with Crippen LogP contribution in [0.25, 0.3) is 0 Å². The summed E-state index contributed by atoms with van der Waals surface area (Å²) in [5.41, 5.74) is 21.3. The van der Waals surface area contributed by atoms with Crippen molar-refractivity contribution in [2.24, 2.45) is 11.1 Å². The number of rotatable bonds is 3. The highest BCUT2D eigenvalue weighted by molar-refractivity contribution is 7.99. The smallest absolute Gasteiger partial charge is 0.158 e. The summed E-state index contributed by atoms with van der Waals surface area (Å²) in [6.45, 7) is 1.73. The molecule has 5 rings (SSSR count). The minimum absolute atomic E-state index is 0.0557. The molecule has 31 heavy (non-hydrogen) atoms. The molecule has 1 atom stereocenters. The van der Waals surface area contributed by atoms with Crippen molar-refractivity contribution in [1.82, 2.24) is 19.9 Å². The van der Waals surface area contributed by atoms with Crippen LogP contribution in [0, 0.1) is 5.41 Å². The first-order chi connectivity index (χ1) is 15.0. The van der Waals surface area contributed by atoms with Gasteiger partial charge in [-0.15, -0.1) is 0 Å². The monoisotopic (exact) mass is 454 g/mol. The van der Waals surface area contributed by atoms with Gasteiger partial charge in [0.15, 0.2) is 5.82 Å². The number of nitrogens with two attached hydrogens (primary N) is 3. The van der Waals surface area contributed by atoms with E-state index in [0.29, 0.717) is 15.9 Å². The molecule has 4 heterocycles. The SMILES string of the molecule is Nc1nc(N2CCC3(CC2)Cc2cnccc2[C@@H]3N)cnc1Sc1ccnc(N)c1Cl. The molecule has 0 bridgehead atoms. The van der Waals surface area contributed by atoms with Gasteiger partial charge in [-0.1, -0.05) is 23.4 Å². The lowest BCUT2D eigenvalue weighted by atomic mass is 9.73. The van der Waals surface area contributed by atoms with E-state index in [-0.39, 0.29) is 17.3 Å². The van der Waals surface area contributed by atoms with Crippen LogP contribution < -0.4 is 22.1 Å². The number of piperidine rings is 1. The average Bonchev–Trinajstić information content (AvgIpc) is 3.05. The Balaban J connectivity index is 1.29. The number of hydrogen-bond acceptors (Lipinski definition) is 9. The first-order valence-electron chi connectivity index (χ1n) is 10.1. The number of fused-ring (bicyclic) bond motifs is 1. The fourth-order valence-electron chi connectivity index (χ4n) is 4.61. The molecule has 3 aromatic rings. The van der Waals surface area contributed by atoms with Crippen LogP contribution in [0.5, 0.6) is 0 Å². The predicted molar refractivity (Wildman–Crippen MR) is 123 cm³/mol. The molecule has 2 aliphatic rings. The van der Waals surface area contributed by atoms with Crippen molar-refractivity contribution in [1.29, 1.82) is 0 Å². The van der Waals surface area contributed by atoms with E-state index in [9.17, 15) is 0 Å². The Labute approximate surface area is 189 Å².